The Balaban J connectivity index is 2.33. The van der Waals surface area contributed by atoms with Crippen LogP contribution in [0.15, 0.2) is 34.8 Å². The van der Waals surface area contributed by atoms with Crippen molar-refractivity contribution in [1.29, 1.82) is 0 Å². The van der Waals surface area contributed by atoms with Crippen LogP contribution in [0.5, 0.6) is 5.75 Å². The van der Waals surface area contributed by atoms with Gasteiger partial charge >= 0.3 is 12.3 Å². The van der Waals surface area contributed by atoms with Crippen molar-refractivity contribution in [2.75, 3.05) is 0 Å². The lowest BCUT2D eigenvalue weighted by atomic mass is 9.88. The number of allylic oxidation sites excluding steroid dienone is 1. The molecule has 132 valence electrons. The summed E-state index contributed by atoms with van der Waals surface area (Å²) in [5, 5.41) is 9.71. The van der Waals surface area contributed by atoms with Gasteiger partial charge in [-0.3, -0.25) is 4.79 Å². The number of hydrogen-bond donors (Lipinski definition) is 1. The predicted molar refractivity (Wildman–Crippen MR) is 84.0 cm³/mol. The maximum atomic E-state index is 12.3. The van der Waals surface area contributed by atoms with E-state index in [1.807, 2.05) is 0 Å². The van der Waals surface area contributed by atoms with Gasteiger partial charge in [-0.2, -0.15) is 0 Å². The summed E-state index contributed by atoms with van der Waals surface area (Å²) < 4.78 is 40.8. The second-order valence-corrected chi connectivity index (χ2v) is 7.31. The van der Waals surface area contributed by atoms with E-state index in [4.69, 9.17) is 23.2 Å². The summed E-state index contributed by atoms with van der Waals surface area (Å²) in [6, 6.07) is 5.30. The third-order valence-corrected chi connectivity index (χ3v) is 4.92. The smallest absolute Gasteiger partial charge is 0.481 e. The van der Waals surface area contributed by atoms with Crippen LogP contribution in [0.1, 0.15) is 19.4 Å². The molecule has 1 fully saturated rings. The van der Waals surface area contributed by atoms with Gasteiger partial charge in [0.25, 0.3) is 0 Å². The zero-order valence-corrected chi connectivity index (χ0v) is 14.3. The van der Waals surface area contributed by atoms with Crippen molar-refractivity contribution in [2.24, 2.45) is 16.7 Å². The SMILES string of the molecule is CC1(C)C(C=C(Cl)Cl)C1(Cc1cccc(OC(F)(F)F)c1)C(=O)O. The van der Waals surface area contributed by atoms with Crippen LogP contribution in [0, 0.1) is 16.7 Å². The highest BCUT2D eigenvalue weighted by Crippen LogP contribution is 2.71. The number of carboxylic acid groups (broad SMARTS) is 1. The summed E-state index contributed by atoms with van der Waals surface area (Å²) in [5.41, 5.74) is -1.41. The second kappa shape index (κ2) is 6.15. The molecule has 1 aromatic rings. The molecule has 0 aromatic heterocycles. The predicted octanol–water partition coefficient (Wildman–Crippen LogP) is 5.17. The van der Waals surface area contributed by atoms with E-state index in [-0.39, 0.29) is 16.7 Å². The van der Waals surface area contributed by atoms with E-state index in [0.29, 0.717) is 5.56 Å². The van der Waals surface area contributed by atoms with E-state index in [1.165, 1.54) is 18.2 Å². The van der Waals surface area contributed by atoms with E-state index in [0.717, 1.165) is 6.07 Å². The zero-order valence-electron chi connectivity index (χ0n) is 12.8. The van der Waals surface area contributed by atoms with Crippen LogP contribution in [-0.4, -0.2) is 17.4 Å². The lowest BCUT2D eigenvalue weighted by Crippen LogP contribution is -2.24. The molecule has 1 aliphatic rings. The maximum absolute atomic E-state index is 12.3. The number of ether oxygens (including phenoxy) is 1. The summed E-state index contributed by atoms with van der Waals surface area (Å²) in [7, 11) is 0. The Morgan fingerprint density at radius 3 is 2.50 bits per heavy atom. The molecule has 0 heterocycles. The first kappa shape index (κ1) is 18.9. The van der Waals surface area contributed by atoms with Gasteiger partial charge in [0.1, 0.15) is 10.2 Å². The van der Waals surface area contributed by atoms with Crippen LogP contribution in [-0.2, 0) is 11.2 Å². The fraction of sp³-hybridized carbons (Fsp3) is 0.438. The molecular formula is C16H15Cl2F3O3. The van der Waals surface area contributed by atoms with Gasteiger partial charge < -0.3 is 9.84 Å². The topological polar surface area (TPSA) is 46.5 Å². The highest BCUT2D eigenvalue weighted by molar-refractivity contribution is 6.55. The third-order valence-electron chi connectivity index (χ3n) is 4.66. The number of carbonyl (C=O) groups is 1. The Labute approximate surface area is 147 Å². The van der Waals surface area contributed by atoms with Gasteiger partial charge in [0.15, 0.2) is 0 Å². The lowest BCUT2D eigenvalue weighted by molar-refractivity contribution is -0.274. The summed E-state index contributed by atoms with van der Waals surface area (Å²) in [6.45, 7) is 3.52. The standard InChI is InChI=1S/C16H15Cl2F3O3/c1-14(2)11(7-12(17)18)15(14,13(22)23)8-9-4-3-5-10(6-9)24-16(19,20)21/h3-7,11H,8H2,1-2H3,(H,22,23). The molecule has 1 saturated carbocycles. The van der Waals surface area contributed by atoms with Gasteiger partial charge in [-0.05, 0) is 35.6 Å². The molecule has 2 atom stereocenters. The van der Waals surface area contributed by atoms with Crippen molar-refractivity contribution in [3.8, 4) is 5.75 Å². The molecule has 0 saturated heterocycles. The van der Waals surface area contributed by atoms with Crippen molar-refractivity contribution in [2.45, 2.75) is 26.6 Å². The number of hydrogen-bond acceptors (Lipinski definition) is 2. The molecule has 8 heteroatoms. The first-order valence-corrected chi connectivity index (χ1v) is 7.76. The summed E-state index contributed by atoms with van der Waals surface area (Å²) in [6.07, 6.45) is -3.31. The van der Waals surface area contributed by atoms with Crippen molar-refractivity contribution >= 4 is 29.2 Å². The summed E-state index contributed by atoms with van der Waals surface area (Å²) in [5.74, 6) is -1.87. The Hall–Kier alpha value is -1.40. The number of halogens is 5. The van der Waals surface area contributed by atoms with Crippen LogP contribution < -0.4 is 4.74 Å². The average Bonchev–Trinajstić information content (AvgIpc) is 2.84. The largest absolute Gasteiger partial charge is 0.573 e. The van der Waals surface area contributed by atoms with Crippen LogP contribution >= 0.6 is 23.2 Å². The van der Waals surface area contributed by atoms with E-state index in [9.17, 15) is 23.1 Å². The molecule has 24 heavy (non-hydrogen) atoms. The minimum atomic E-state index is -4.81. The molecule has 0 aliphatic heterocycles. The van der Waals surface area contributed by atoms with E-state index in [1.54, 1.807) is 19.9 Å². The molecule has 1 aliphatic carbocycles. The van der Waals surface area contributed by atoms with Crippen molar-refractivity contribution in [3.63, 3.8) is 0 Å². The first-order valence-electron chi connectivity index (χ1n) is 7.01. The fourth-order valence-corrected chi connectivity index (χ4v) is 3.62. The van der Waals surface area contributed by atoms with Crippen molar-refractivity contribution in [3.05, 3.63) is 40.4 Å². The normalized spacial score (nSPS) is 25.0. The van der Waals surface area contributed by atoms with E-state index < -0.39 is 29.1 Å². The first-order chi connectivity index (χ1) is 10.9. The van der Waals surface area contributed by atoms with Gasteiger partial charge in [0.2, 0.25) is 0 Å². The second-order valence-electron chi connectivity index (χ2n) is 6.30. The van der Waals surface area contributed by atoms with Crippen molar-refractivity contribution in [1.82, 2.24) is 0 Å². The van der Waals surface area contributed by atoms with Crippen molar-refractivity contribution < 1.29 is 27.8 Å². The Morgan fingerprint density at radius 2 is 2.00 bits per heavy atom. The molecule has 1 N–H and O–H groups in total. The minimum Gasteiger partial charge on any atom is -0.481 e. The molecule has 0 spiro atoms. The molecular weight excluding hydrogens is 368 g/mol. The number of carboxylic acids is 1. The fourth-order valence-electron chi connectivity index (χ4n) is 3.37. The van der Waals surface area contributed by atoms with Crippen LogP contribution in [0.2, 0.25) is 0 Å². The van der Waals surface area contributed by atoms with Crippen LogP contribution in [0.25, 0.3) is 0 Å². The molecule has 2 unspecified atom stereocenters. The lowest BCUT2D eigenvalue weighted by Gasteiger charge is -2.16. The molecule has 0 amide bonds. The Kier molecular flexibility index (Phi) is 4.85. The highest BCUT2D eigenvalue weighted by Gasteiger charge is 2.74. The summed E-state index contributed by atoms with van der Waals surface area (Å²) in [4.78, 5) is 11.9. The molecule has 0 radical (unpaired) electrons. The molecule has 3 nitrogen and oxygen atoms in total. The number of rotatable bonds is 5. The Bertz CT molecular complexity index is 681. The molecule has 1 aromatic carbocycles. The monoisotopic (exact) mass is 382 g/mol. The van der Waals surface area contributed by atoms with E-state index >= 15 is 0 Å². The number of aliphatic carboxylic acids is 1. The van der Waals surface area contributed by atoms with E-state index in [2.05, 4.69) is 4.74 Å². The maximum Gasteiger partial charge on any atom is 0.573 e. The van der Waals surface area contributed by atoms with Crippen LogP contribution in [0.4, 0.5) is 13.2 Å². The van der Waals surface area contributed by atoms with Gasteiger partial charge in [0, 0.05) is 5.92 Å². The summed E-state index contributed by atoms with van der Waals surface area (Å²) >= 11 is 11.3. The molecule has 2 rings (SSSR count). The number of alkyl halides is 3. The highest BCUT2D eigenvalue weighted by atomic mass is 35.5. The zero-order chi connectivity index (χ0) is 18.3. The quantitative estimate of drug-likeness (QED) is 0.763. The minimum absolute atomic E-state index is 0.0343. The van der Waals surface area contributed by atoms with Crippen LogP contribution in [0.3, 0.4) is 0 Å². The Morgan fingerprint density at radius 1 is 1.38 bits per heavy atom. The van der Waals surface area contributed by atoms with Gasteiger partial charge in [-0.25, -0.2) is 0 Å². The van der Waals surface area contributed by atoms with Gasteiger partial charge in [-0.15, -0.1) is 13.2 Å². The average molecular weight is 383 g/mol. The molecule has 0 bridgehead atoms. The third kappa shape index (κ3) is 3.49. The number of benzene rings is 1. The van der Waals surface area contributed by atoms with Gasteiger partial charge in [-0.1, -0.05) is 49.2 Å². The van der Waals surface area contributed by atoms with Gasteiger partial charge in [0.05, 0.1) is 5.41 Å².